The Kier molecular flexibility index (Phi) is 10.5. The molecule has 0 radical (unpaired) electrons. The number of nitrogens with one attached hydrogen (secondary N) is 1. The van der Waals surface area contributed by atoms with Gasteiger partial charge in [-0.1, -0.05) is 6.58 Å². The Morgan fingerprint density at radius 3 is 2.81 bits per heavy atom. The van der Waals surface area contributed by atoms with Crippen LogP contribution in [0.1, 0.15) is 26.2 Å². The first-order valence-corrected chi connectivity index (χ1v) is 5.91. The van der Waals surface area contributed by atoms with Crippen LogP contribution in [-0.4, -0.2) is 31.7 Å². The van der Waals surface area contributed by atoms with Crippen molar-refractivity contribution in [1.82, 2.24) is 5.32 Å². The van der Waals surface area contributed by atoms with Gasteiger partial charge in [0.2, 0.25) is 0 Å². The zero-order valence-electron chi connectivity index (χ0n) is 9.76. The normalized spacial score (nSPS) is 10.1. The topological polar surface area (TPSA) is 47.6 Å². The van der Waals surface area contributed by atoms with E-state index in [1.807, 2.05) is 0 Å². The average Bonchev–Trinajstić information content (AvgIpc) is 2.21. The van der Waals surface area contributed by atoms with Crippen LogP contribution in [0.3, 0.4) is 0 Å². The van der Waals surface area contributed by atoms with E-state index in [0.717, 1.165) is 19.4 Å². The molecule has 0 amide bonds. The highest BCUT2D eigenvalue weighted by atomic mass is 35.5. The molecular formula is C11H20ClNO3. The molecule has 0 atom stereocenters. The van der Waals surface area contributed by atoms with Crippen LogP contribution in [-0.2, 0) is 14.3 Å². The van der Waals surface area contributed by atoms with E-state index in [0.29, 0.717) is 31.4 Å². The number of carbonyl (C=O) groups is 1. The van der Waals surface area contributed by atoms with Crippen LogP contribution >= 0.6 is 11.6 Å². The highest BCUT2D eigenvalue weighted by Crippen LogP contribution is 2.00. The van der Waals surface area contributed by atoms with E-state index >= 15 is 0 Å². The first kappa shape index (κ1) is 15.4. The molecule has 0 saturated heterocycles. The summed E-state index contributed by atoms with van der Waals surface area (Å²) in [6.45, 7) is 7.04. The minimum atomic E-state index is -0.217. The van der Waals surface area contributed by atoms with Gasteiger partial charge in [-0.25, -0.2) is 0 Å². The maximum atomic E-state index is 11.1. The number of ether oxygens (including phenoxy) is 2. The number of rotatable bonds is 10. The van der Waals surface area contributed by atoms with Crippen LogP contribution in [0.4, 0.5) is 0 Å². The fourth-order valence-electron chi connectivity index (χ4n) is 1.04. The number of halogens is 1. The van der Waals surface area contributed by atoms with Gasteiger partial charge in [0.25, 0.3) is 0 Å². The molecule has 1 N–H and O–H groups in total. The number of carbonyl (C=O) groups excluding carboxylic acids is 1. The summed E-state index contributed by atoms with van der Waals surface area (Å²) in [6, 6.07) is 0. The largest absolute Gasteiger partial charge is 0.432 e. The summed E-state index contributed by atoms with van der Waals surface area (Å²) in [5, 5.41) is 3.08. The van der Waals surface area contributed by atoms with Gasteiger partial charge in [0.15, 0.2) is 0 Å². The molecule has 0 bridgehead atoms. The second-order valence-corrected chi connectivity index (χ2v) is 3.75. The maximum absolute atomic E-state index is 11.1. The summed E-state index contributed by atoms with van der Waals surface area (Å²) in [4.78, 5) is 11.1. The summed E-state index contributed by atoms with van der Waals surface area (Å²) in [6.07, 6.45) is 2.14. The van der Waals surface area contributed by atoms with Gasteiger partial charge >= 0.3 is 5.97 Å². The number of allylic oxidation sites excluding steroid dienone is 1. The quantitative estimate of drug-likeness (QED) is 0.212. The van der Waals surface area contributed by atoms with E-state index in [9.17, 15) is 4.79 Å². The van der Waals surface area contributed by atoms with Crippen molar-refractivity contribution in [2.45, 2.75) is 26.2 Å². The maximum Gasteiger partial charge on any atom is 0.310 e. The van der Waals surface area contributed by atoms with E-state index in [2.05, 4.69) is 11.9 Å². The van der Waals surface area contributed by atoms with Gasteiger partial charge < -0.3 is 9.47 Å². The molecule has 0 spiro atoms. The molecule has 0 aromatic heterocycles. The Hall–Kier alpha value is -0.580. The predicted octanol–water partition coefficient (Wildman–Crippen LogP) is 2.04. The van der Waals surface area contributed by atoms with Crippen molar-refractivity contribution >= 4 is 17.6 Å². The van der Waals surface area contributed by atoms with E-state index in [4.69, 9.17) is 21.1 Å². The molecule has 16 heavy (non-hydrogen) atoms. The second kappa shape index (κ2) is 10.9. The lowest BCUT2D eigenvalue weighted by atomic mass is 10.2. The summed E-state index contributed by atoms with van der Waals surface area (Å²) in [5.74, 6) is 0.734. The number of esters is 1. The Morgan fingerprint density at radius 2 is 2.19 bits per heavy atom. The van der Waals surface area contributed by atoms with Crippen molar-refractivity contribution in [3.05, 3.63) is 12.3 Å². The minimum absolute atomic E-state index is 0.217. The first-order valence-electron chi connectivity index (χ1n) is 5.37. The van der Waals surface area contributed by atoms with Gasteiger partial charge in [0.1, 0.15) is 0 Å². The molecule has 0 unspecified atom stereocenters. The molecule has 0 heterocycles. The van der Waals surface area contributed by atoms with Crippen molar-refractivity contribution in [2.24, 2.45) is 0 Å². The van der Waals surface area contributed by atoms with Gasteiger partial charge in [0.05, 0.1) is 19.1 Å². The highest BCUT2D eigenvalue weighted by Gasteiger charge is 2.01. The standard InChI is InChI=1S/C11H20ClNO3/c1-10(2)16-11(14)5-3-4-7-13-9-15-8-6-12/h13H,1,3-9H2,2H3. The van der Waals surface area contributed by atoms with Crippen LogP contribution in [0.25, 0.3) is 0 Å². The minimum Gasteiger partial charge on any atom is -0.432 e. The van der Waals surface area contributed by atoms with Crippen LogP contribution < -0.4 is 5.32 Å². The summed E-state index contributed by atoms with van der Waals surface area (Å²) in [5.41, 5.74) is 0. The molecule has 4 nitrogen and oxygen atoms in total. The lowest BCUT2D eigenvalue weighted by Gasteiger charge is -2.05. The lowest BCUT2D eigenvalue weighted by Crippen LogP contribution is -2.20. The molecule has 0 rings (SSSR count). The SMILES string of the molecule is C=C(C)OC(=O)CCCCNCOCCCl. The van der Waals surface area contributed by atoms with Gasteiger partial charge in [-0.05, 0) is 26.3 Å². The third-order valence-corrected chi connectivity index (χ3v) is 1.85. The van der Waals surface area contributed by atoms with E-state index < -0.39 is 0 Å². The molecule has 0 aromatic carbocycles. The molecule has 94 valence electrons. The highest BCUT2D eigenvalue weighted by molar-refractivity contribution is 6.17. The second-order valence-electron chi connectivity index (χ2n) is 3.37. The first-order chi connectivity index (χ1) is 7.66. The van der Waals surface area contributed by atoms with Crippen LogP contribution in [0.15, 0.2) is 12.3 Å². The average molecular weight is 250 g/mol. The summed E-state index contributed by atoms with van der Waals surface area (Å²) < 4.78 is 9.93. The molecule has 0 aromatic rings. The molecule has 0 fully saturated rings. The van der Waals surface area contributed by atoms with Crippen molar-refractivity contribution in [2.75, 3.05) is 25.8 Å². The molecule has 0 saturated carbocycles. The van der Waals surface area contributed by atoms with Crippen molar-refractivity contribution in [3.8, 4) is 0 Å². The number of hydrogen-bond donors (Lipinski definition) is 1. The zero-order chi connectivity index (χ0) is 12.2. The van der Waals surface area contributed by atoms with E-state index in [-0.39, 0.29) is 5.97 Å². The third kappa shape index (κ3) is 11.5. The monoisotopic (exact) mass is 249 g/mol. The number of alkyl halides is 1. The number of unbranched alkanes of at least 4 members (excludes halogenated alkanes) is 1. The zero-order valence-corrected chi connectivity index (χ0v) is 10.5. The van der Waals surface area contributed by atoms with E-state index in [1.54, 1.807) is 6.92 Å². The van der Waals surface area contributed by atoms with Gasteiger partial charge in [-0.2, -0.15) is 0 Å². The fraction of sp³-hybridized carbons (Fsp3) is 0.727. The van der Waals surface area contributed by atoms with Crippen LogP contribution in [0.2, 0.25) is 0 Å². The molecule has 0 aliphatic heterocycles. The van der Waals surface area contributed by atoms with Crippen LogP contribution in [0, 0.1) is 0 Å². The summed E-state index contributed by atoms with van der Waals surface area (Å²) >= 11 is 5.43. The Morgan fingerprint density at radius 1 is 1.44 bits per heavy atom. The number of hydrogen-bond acceptors (Lipinski definition) is 4. The third-order valence-electron chi connectivity index (χ3n) is 1.70. The molecular weight excluding hydrogens is 230 g/mol. The Balaban J connectivity index is 3.14. The van der Waals surface area contributed by atoms with Crippen molar-refractivity contribution in [3.63, 3.8) is 0 Å². The Bertz CT molecular complexity index is 209. The van der Waals surface area contributed by atoms with Gasteiger partial charge in [0, 0.05) is 12.3 Å². The molecule has 5 heteroatoms. The van der Waals surface area contributed by atoms with Crippen molar-refractivity contribution in [1.29, 1.82) is 0 Å². The molecule has 0 aliphatic rings. The van der Waals surface area contributed by atoms with Crippen LogP contribution in [0.5, 0.6) is 0 Å². The van der Waals surface area contributed by atoms with Gasteiger partial charge in [-0.15, -0.1) is 11.6 Å². The summed E-state index contributed by atoms with van der Waals surface area (Å²) in [7, 11) is 0. The van der Waals surface area contributed by atoms with Gasteiger partial charge in [-0.3, -0.25) is 10.1 Å². The fourth-order valence-corrected chi connectivity index (χ4v) is 1.14. The lowest BCUT2D eigenvalue weighted by molar-refractivity contribution is -0.139. The smallest absolute Gasteiger partial charge is 0.310 e. The van der Waals surface area contributed by atoms with Crippen molar-refractivity contribution < 1.29 is 14.3 Å². The molecule has 0 aliphatic carbocycles. The Labute approximate surface area is 102 Å². The predicted molar refractivity (Wildman–Crippen MR) is 64.3 cm³/mol. The van der Waals surface area contributed by atoms with E-state index in [1.165, 1.54) is 0 Å².